The van der Waals surface area contributed by atoms with Crippen LogP contribution in [0.1, 0.15) is 23.6 Å². The van der Waals surface area contributed by atoms with Crippen molar-refractivity contribution < 1.29 is 4.39 Å². The first kappa shape index (κ1) is 16.1. The molecule has 4 aromatic rings. The standard InChI is InChI=1S/C22H16FN3S/c23-19-9-7-16(8-10-19)20-14-21(26(25-20)22-24-11-12-27-22)18-6-5-15-3-1-2-4-17(15)13-18/h1-13,21H,14H2. The van der Waals surface area contributed by atoms with Crippen molar-refractivity contribution in [1.29, 1.82) is 0 Å². The Morgan fingerprint density at radius 1 is 0.963 bits per heavy atom. The Balaban J connectivity index is 1.57. The molecule has 1 unspecified atom stereocenters. The molecule has 1 aliphatic heterocycles. The molecule has 1 aliphatic rings. The van der Waals surface area contributed by atoms with Gasteiger partial charge in [0, 0.05) is 18.0 Å². The van der Waals surface area contributed by atoms with Crippen molar-refractivity contribution in [1.82, 2.24) is 4.98 Å². The van der Waals surface area contributed by atoms with Crippen LogP contribution in [0.2, 0.25) is 0 Å². The SMILES string of the molecule is Fc1ccc(C2=NN(c3nccs3)C(c3ccc4ccccc4c3)C2)cc1. The first-order valence-electron chi connectivity index (χ1n) is 8.79. The zero-order valence-corrected chi connectivity index (χ0v) is 15.2. The minimum atomic E-state index is -0.236. The van der Waals surface area contributed by atoms with E-state index in [0.29, 0.717) is 0 Å². The maximum Gasteiger partial charge on any atom is 0.206 e. The van der Waals surface area contributed by atoms with Crippen molar-refractivity contribution in [2.24, 2.45) is 5.10 Å². The molecule has 0 saturated carbocycles. The fraction of sp³-hybridized carbons (Fsp3) is 0.0909. The minimum absolute atomic E-state index is 0.0702. The van der Waals surface area contributed by atoms with Crippen molar-refractivity contribution in [2.75, 3.05) is 5.01 Å². The molecule has 0 aliphatic carbocycles. The maximum absolute atomic E-state index is 13.3. The van der Waals surface area contributed by atoms with Gasteiger partial charge in [0.2, 0.25) is 5.13 Å². The van der Waals surface area contributed by atoms with Crippen LogP contribution in [0.4, 0.5) is 9.52 Å². The van der Waals surface area contributed by atoms with Gasteiger partial charge in [0.15, 0.2) is 0 Å². The summed E-state index contributed by atoms with van der Waals surface area (Å²) in [6, 6.07) is 21.5. The van der Waals surface area contributed by atoms with Crippen LogP contribution >= 0.6 is 11.3 Å². The lowest BCUT2D eigenvalue weighted by Gasteiger charge is -2.21. The van der Waals surface area contributed by atoms with Crippen LogP contribution in [-0.2, 0) is 0 Å². The lowest BCUT2D eigenvalue weighted by molar-refractivity contribution is 0.627. The van der Waals surface area contributed by atoms with Crippen molar-refractivity contribution in [3.63, 3.8) is 0 Å². The Hall–Kier alpha value is -3.05. The molecule has 0 amide bonds. The van der Waals surface area contributed by atoms with Gasteiger partial charge in [-0.15, -0.1) is 11.3 Å². The fourth-order valence-corrected chi connectivity index (χ4v) is 4.15. The Morgan fingerprint density at radius 2 is 1.78 bits per heavy atom. The molecule has 1 aromatic heterocycles. The van der Waals surface area contributed by atoms with Gasteiger partial charge in [-0.3, -0.25) is 0 Å². The molecule has 0 saturated heterocycles. The summed E-state index contributed by atoms with van der Waals surface area (Å²) in [5, 5.41) is 12.1. The fourth-order valence-electron chi connectivity index (χ4n) is 3.51. The summed E-state index contributed by atoms with van der Waals surface area (Å²) in [6.07, 6.45) is 2.55. The van der Waals surface area contributed by atoms with Crippen LogP contribution in [0.15, 0.2) is 83.4 Å². The summed E-state index contributed by atoms with van der Waals surface area (Å²) in [6.45, 7) is 0. The van der Waals surface area contributed by atoms with Gasteiger partial charge in [-0.25, -0.2) is 14.4 Å². The Labute approximate surface area is 160 Å². The third kappa shape index (κ3) is 3.00. The minimum Gasteiger partial charge on any atom is -0.231 e. The van der Waals surface area contributed by atoms with Gasteiger partial charge in [0.05, 0.1) is 11.8 Å². The van der Waals surface area contributed by atoms with E-state index in [4.69, 9.17) is 5.10 Å². The number of halogens is 1. The average Bonchev–Trinajstić information content (AvgIpc) is 3.38. The number of thiazole rings is 1. The van der Waals surface area contributed by atoms with Gasteiger partial charge in [-0.05, 0) is 40.1 Å². The van der Waals surface area contributed by atoms with E-state index in [9.17, 15) is 4.39 Å². The Morgan fingerprint density at radius 3 is 2.56 bits per heavy atom. The molecule has 2 heterocycles. The molecule has 0 fully saturated rings. The largest absolute Gasteiger partial charge is 0.231 e. The monoisotopic (exact) mass is 373 g/mol. The highest BCUT2D eigenvalue weighted by Crippen LogP contribution is 2.38. The molecule has 0 radical (unpaired) electrons. The van der Waals surface area contributed by atoms with E-state index in [1.54, 1.807) is 29.7 Å². The van der Waals surface area contributed by atoms with Crippen LogP contribution < -0.4 is 5.01 Å². The number of rotatable bonds is 3. The van der Waals surface area contributed by atoms with Gasteiger partial charge in [-0.1, -0.05) is 48.5 Å². The van der Waals surface area contributed by atoms with Crippen LogP contribution in [0, 0.1) is 5.82 Å². The number of hydrazone groups is 1. The predicted octanol–water partition coefficient (Wildman–Crippen LogP) is 5.79. The number of hydrogen-bond acceptors (Lipinski definition) is 4. The second-order valence-corrected chi connectivity index (χ2v) is 7.41. The maximum atomic E-state index is 13.3. The summed E-state index contributed by atoms with van der Waals surface area (Å²) in [5.74, 6) is -0.236. The lowest BCUT2D eigenvalue weighted by atomic mass is 9.96. The number of fused-ring (bicyclic) bond motifs is 1. The van der Waals surface area contributed by atoms with E-state index in [2.05, 4.69) is 47.4 Å². The third-order valence-electron chi connectivity index (χ3n) is 4.86. The summed E-state index contributed by atoms with van der Waals surface area (Å²) in [7, 11) is 0. The van der Waals surface area contributed by atoms with E-state index in [1.807, 2.05) is 10.4 Å². The average molecular weight is 373 g/mol. The number of aromatic nitrogens is 1. The summed E-state index contributed by atoms with van der Waals surface area (Å²) < 4.78 is 13.3. The molecule has 5 rings (SSSR count). The number of benzene rings is 3. The molecular formula is C22H16FN3S. The number of hydrogen-bond donors (Lipinski definition) is 0. The number of nitrogens with zero attached hydrogens (tertiary/aromatic N) is 3. The predicted molar refractivity (Wildman–Crippen MR) is 109 cm³/mol. The van der Waals surface area contributed by atoms with Crippen LogP contribution in [0.5, 0.6) is 0 Å². The lowest BCUT2D eigenvalue weighted by Crippen LogP contribution is -2.18. The first-order valence-corrected chi connectivity index (χ1v) is 9.67. The highest BCUT2D eigenvalue weighted by atomic mass is 32.1. The molecule has 0 N–H and O–H groups in total. The molecule has 27 heavy (non-hydrogen) atoms. The van der Waals surface area contributed by atoms with Crippen molar-refractivity contribution in [2.45, 2.75) is 12.5 Å². The molecule has 1 atom stereocenters. The van der Waals surface area contributed by atoms with E-state index in [1.165, 1.54) is 28.5 Å². The summed E-state index contributed by atoms with van der Waals surface area (Å²) in [5.41, 5.74) is 3.09. The van der Waals surface area contributed by atoms with E-state index in [0.717, 1.165) is 22.8 Å². The molecular weight excluding hydrogens is 357 g/mol. The second kappa shape index (κ2) is 6.59. The van der Waals surface area contributed by atoms with E-state index in [-0.39, 0.29) is 11.9 Å². The molecule has 132 valence electrons. The van der Waals surface area contributed by atoms with E-state index < -0.39 is 0 Å². The molecule has 0 spiro atoms. The van der Waals surface area contributed by atoms with Crippen LogP contribution in [0.25, 0.3) is 10.8 Å². The highest BCUT2D eigenvalue weighted by Gasteiger charge is 2.31. The zero-order chi connectivity index (χ0) is 18.2. The first-order chi connectivity index (χ1) is 13.3. The molecule has 3 aromatic carbocycles. The topological polar surface area (TPSA) is 28.5 Å². The van der Waals surface area contributed by atoms with Crippen molar-refractivity contribution in [3.8, 4) is 0 Å². The van der Waals surface area contributed by atoms with Crippen molar-refractivity contribution >= 4 is 33.0 Å². The van der Waals surface area contributed by atoms with Crippen LogP contribution in [0.3, 0.4) is 0 Å². The van der Waals surface area contributed by atoms with Gasteiger partial charge in [-0.2, -0.15) is 5.10 Å². The van der Waals surface area contributed by atoms with Gasteiger partial charge in [0.1, 0.15) is 5.82 Å². The highest BCUT2D eigenvalue weighted by molar-refractivity contribution is 7.13. The Kier molecular flexibility index (Phi) is 3.94. The van der Waals surface area contributed by atoms with Gasteiger partial charge in [0.25, 0.3) is 0 Å². The number of anilines is 1. The van der Waals surface area contributed by atoms with Gasteiger partial charge < -0.3 is 0 Å². The molecule has 3 nitrogen and oxygen atoms in total. The van der Waals surface area contributed by atoms with Crippen molar-refractivity contribution in [3.05, 3.63) is 95.3 Å². The van der Waals surface area contributed by atoms with Gasteiger partial charge >= 0.3 is 0 Å². The summed E-state index contributed by atoms with van der Waals surface area (Å²) in [4.78, 5) is 4.46. The van der Waals surface area contributed by atoms with Crippen LogP contribution in [-0.4, -0.2) is 10.7 Å². The Bertz CT molecular complexity index is 1120. The quantitative estimate of drug-likeness (QED) is 0.455. The second-order valence-electron chi connectivity index (χ2n) is 6.54. The third-order valence-corrected chi connectivity index (χ3v) is 5.62. The smallest absolute Gasteiger partial charge is 0.206 e. The summed E-state index contributed by atoms with van der Waals surface area (Å²) >= 11 is 1.57. The normalized spacial score (nSPS) is 16.7. The molecule has 0 bridgehead atoms. The zero-order valence-electron chi connectivity index (χ0n) is 14.4. The molecule has 5 heteroatoms. The van der Waals surface area contributed by atoms with E-state index >= 15 is 0 Å².